The Labute approximate surface area is 117 Å². The van der Waals surface area contributed by atoms with Gasteiger partial charge in [-0.2, -0.15) is 0 Å². The van der Waals surface area contributed by atoms with Gasteiger partial charge in [0.05, 0.1) is 18.9 Å². The molecule has 0 amide bonds. The van der Waals surface area contributed by atoms with E-state index in [4.69, 9.17) is 15.6 Å². The summed E-state index contributed by atoms with van der Waals surface area (Å²) in [5.41, 5.74) is 10.4. The molecule has 1 heterocycles. The number of aliphatic imine (C=N–C) groups is 1. The number of rotatable bonds is 2. The van der Waals surface area contributed by atoms with E-state index in [9.17, 15) is 0 Å². The summed E-state index contributed by atoms with van der Waals surface area (Å²) >= 11 is 0. The van der Waals surface area contributed by atoms with Crippen LogP contribution in [0.25, 0.3) is 0 Å². The molecule has 0 saturated carbocycles. The van der Waals surface area contributed by atoms with E-state index in [1.165, 1.54) is 11.9 Å². The lowest BCUT2D eigenvalue weighted by Gasteiger charge is -2.06. The second-order valence-corrected chi connectivity index (χ2v) is 3.31. The van der Waals surface area contributed by atoms with E-state index in [-0.39, 0.29) is 0 Å². The highest BCUT2D eigenvalue weighted by atomic mass is 16.3. The maximum absolute atomic E-state index is 5.86. The number of hydrogen-bond acceptors (Lipinski definition) is 4. The van der Waals surface area contributed by atoms with Crippen molar-refractivity contribution in [3.63, 3.8) is 0 Å². The first-order valence-corrected chi connectivity index (χ1v) is 6.04. The lowest BCUT2D eigenvalue weighted by molar-refractivity contribution is 0.396. The van der Waals surface area contributed by atoms with Crippen LogP contribution in [0.4, 0.5) is 0 Å². The second-order valence-electron chi connectivity index (χ2n) is 3.31. The Morgan fingerprint density at radius 1 is 1.37 bits per heavy atom. The normalized spacial score (nSPS) is 8.58. The molecule has 6 heteroatoms. The van der Waals surface area contributed by atoms with Crippen LogP contribution in [-0.4, -0.2) is 38.7 Å². The van der Waals surface area contributed by atoms with Gasteiger partial charge in [-0.3, -0.25) is 10.4 Å². The minimum Gasteiger partial charge on any atom is -0.469 e. The molecular formula is C13H29N5O. The average molecular weight is 271 g/mol. The first kappa shape index (κ1) is 22.4. The number of nitrogens with one attached hydrogen (secondary N) is 1. The SMILES string of the molecule is CC.CN=CN.Cc1occc1CN(C)C.N=CN. The molecule has 1 aromatic heterocycles. The Kier molecular flexibility index (Phi) is 21.8. The molecule has 0 radical (unpaired) electrons. The van der Waals surface area contributed by atoms with E-state index in [1.54, 1.807) is 13.3 Å². The zero-order valence-corrected chi connectivity index (χ0v) is 13.0. The zero-order valence-electron chi connectivity index (χ0n) is 13.0. The number of hydrogen-bond donors (Lipinski definition) is 3. The van der Waals surface area contributed by atoms with E-state index < -0.39 is 0 Å². The molecule has 0 aliphatic carbocycles. The smallest absolute Gasteiger partial charge is 0.105 e. The summed E-state index contributed by atoms with van der Waals surface area (Å²) in [6.07, 6.45) is 3.73. The van der Waals surface area contributed by atoms with E-state index in [2.05, 4.69) is 15.6 Å². The third kappa shape index (κ3) is 18.7. The zero-order chi connectivity index (χ0) is 15.7. The van der Waals surface area contributed by atoms with Crippen molar-refractivity contribution in [1.29, 1.82) is 5.41 Å². The summed E-state index contributed by atoms with van der Waals surface area (Å²) in [6, 6.07) is 2.01. The van der Waals surface area contributed by atoms with Crippen LogP contribution in [0.3, 0.4) is 0 Å². The fraction of sp³-hybridized carbons (Fsp3) is 0.538. The average Bonchev–Trinajstić information content (AvgIpc) is 2.78. The van der Waals surface area contributed by atoms with Crippen LogP contribution in [0.5, 0.6) is 0 Å². The largest absolute Gasteiger partial charge is 0.469 e. The molecule has 0 unspecified atom stereocenters. The number of furan rings is 1. The molecule has 1 aromatic rings. The minimum absolute atomic E-state index is 0.750. The summed E-state index contributed by atoms with van der Waals surface area (Å²) in [7, 11) is 5.72. The van der Waals surface area contributed by atoms with Crippen molar-refractivity contribution in [2.24, 2.45) is 16.5 Å². The molecule has 0 aromatic carbocycles. The maximum Gasteiger partial charge on any atom is 0.105 e. The molecule has 0 spiro atoms. The predicted molar refractivity (Wildman–Crippen MR) is 83.8 cm³/mol. The van der Waals surface area contributed by atoms with Gasteiger partial charge in [-0.05, 0) is 27.1 Å². The summed E-state index contributed by atoms with van der Waals surface area (Å²) in [5.74, 6) is 1.02. The quantitative estimate of drug-likeness (QED) is 0.563. The molecule has 0 fully saturated rings. The van der Waals surface area contributed by atoms with Gasteiger partial charge in [0.25, 0.3) is 0 Å². The maximum atomic E-state index is 5.86. The summed E-state index contributed by atoms with van der Waals surface area (Å²) in [4.78, 5) is 5.51. The molecule has 1 rings (SSSR count). The van der Waals surface area contributed by atoms with Crippen molar-refractivity contribution in [3.05, 3.63) is 23.7 Å². The van der Waals surface area contributed by atoms with Crippen LogP contribution < -0.4 is 11.5 Å². The number of nitrogens with two attached hydrogens (primary N) is 2. The lowest BCUT2D eigenvalue weighted by Crippen LogP contribution is -2.10. The predicted octanol–water partition coefficient (Wildman–Crippen LogP) is 1.83. The Morgan fingerprint density at radius 2 is 1.79 bits per heavy atom. The molecular weight excluding hydrogens is 242 g/mol. The number of nitrogens with zero attached hydrogens (tertiary/aromatic N) is 2. The highest BCUT2D eigenvalue weighted by Gasteiger charge is 2.00. The monoisotopic (exact) mass is 271 g/mol. The van der Waals surface area contributed by atoms with Crippen LogP contribution >= 0.6 is 0 Å². The van der Waals surface area contributed by atoms with E-state index in [0.29, 0.717) is 0 Å². The van der Waals surface area contributed by atoms with E-state index in [0.717, 1.165) is 18.6 Å². The Bertz CT molecular complexity index is 304. The van der Waals surface area contributed by atoms with Crippen LogP contribution in [-0.2, 0) is 6.54 Å². The van der Waals surface area contributed by atoms with Crippen molar-refractivity contribution in [2.75, 3.05) is 21.1 Å². The Hall–Kier alpha value is -1.82. The molecule has 6 nitrogen and oxygen atoms in total. The van der Waals surface area contributed by atoms with Gasteiger partial charge in [-0.15, -0.1) is 0 Å². The molecule has 112 valence electrons. The van der Waals surface area contributed by atoms with Crippen molar-refractivity contribution < 1.29 is 4.42 Å². The molecule has 19 heavy (non-hydrogen) atoms. The summed E-state index contributed by atoms with van der Waals surface area (Å²) in [6.45, 7) is 6.95. The first-order valence-electron chi connectivity index (χ1n) is 6.04. The van der Waals surface area contributed by atoms with Gasteiger partial charge in [0.15, 0.2) is 0 Å². The van der Waals surface area contributed by atoms with Crippen LogP contribution in [0, 0.1) is 12.3 Å². The van der Waals surface area contributed by atoms with Gasteiger partial charge in [0, 0.05) is 19.2 Å². The Morgan fingerprint density at radius 3 is 2.00 bits per heavy atom. The van der Waals surface area contributed by atoms with Gasteiger partial charge in [-0.25, -0.2) is 0 Å². The van der Waals surface area contributed by atoms with Gasteiger partial charge in [0.1, 0.15) is 5.76 Å². The lowest BCUT2D eigenvalue weighted by atomic mass is 10.2. The van der Waals surface area contributed by atoms with Crippen LogP contribution in [0.15, 0.2) is 21.7 Å². The summed E-state index contributed by atoms with van der Waals surface area (Å²) < 4.78 is 5.14. The van der Waals surface area contributed by atoms with Gasteiger partial charge < -0.3 is 20.8 Å². The minimum atomic E-state index is 0.750. The molecule has 0 saturated heterocycles. The highest BCUT2D eigenvalue weighted by Crippen LogP contribution is 2.09. The van der Waals surface area contributed by atoms with Crippen LogP contribution in [0.1, 0.15) is 25.2 Å². The van der Waals surface area contributed by atoms with Gasteiger partial charge in [0.2, 0.25) is 0 Å². The van der Waals surface area contributed by atoms with Crippen molar-refractivity contribution in [3.8, 4) is 0 Å². The van der Waals surface area contributed by atoms with Crippen molar-refractivity contribution >= 4 is 12.7 Å². The van der Waals surface area contributed by atoms with E-state index >= 15 is 0 Å². The standard InChI is InChI=1S/C8H13NO.C2H6N2.C2H6.CH4N2/c1-7-8(4-5-10-7)6-9(2)3;1-4-2-3;1-2;2-1-3/h4-5H,6H2,1-3H3;2H,1H3,(H2,3,4);1-2H3;1H,(H3,2,3). The highest BCUT2D eigenvalue weighted by molar-refractivity contribution is 5.50. The molecule has 0 atom stereocenters. The molecule has 5 N–H and O–H groups in total. The second kappa shape index (κ2) is 18.5. The fourth-order valence-electron chi connectivity index (χ4n) is 0.916. The summed E-state index contributed by atoms with van der Waals surface area (Å²) in [5, 5.41) is 5.86. The third-order valence-electron chi connectivity index (χ3n) is 1.60. The third-order valence-corrected chi connectivity index (χ3v) is 1.60. The Balaban J connectivity index is -0.000000239. The van der Waals surface area contributed by atoms with Gasteiger partial charge in [-0.1, -0.05) is 13.8 Å². The number of aryl methyl sites for hydroxylation is 1. The fourth-order valence-corrected chi connectivity index (χ4v) is 0.916. The first-order chi connectivity index (χ1) is 9.03. The van der Waals surface area contributed by atoms with Crippen molar-refractivity contribution in [1.82, 2.24) is 4.90 Å². The van der Waals surface area contributed by atoms with Crippen molar-refractivity contribution in [2.45, 2.75) is 27.3 Å². The van der Waals surface area contributed by atoms with E-state index in [1.807, 2.05) is 40.9 Å². The molecule has 0 bridgehead atoms. The van der Waals surface area contributed by atoms with Gasteiger partial charge >= 0.3 is 0 Å². The molecule has 0 aliphatic heterocycles. The topological polar surface area (TPSA) is 105 Å². The van der Waals surface area contributed by atoms with Crippen LogP contribution in [0.2, 0.25) is 0 Å². The molecule has 0 aliphatic rings.